The van der Waals surface area contributed by atoms with Gasteiger partial charge < -0.3 is 22.3 Å². The minimum Gasteiger partial charge on any atom is -0.412 e. The highest BCUT2D eigenvalue weighted by Gasteiger charge is 2.22. The molecular formula is C16H20Br2N8O4. The number of guanidine groups is 1. The number of nitrogens with two attached hydrogens (primary N) is 2. The van der Waals surface area contributed by atoms with Gasteiger partial charge in [0.15, 0.2) is 11.6 Å². The van der Waals surface area contributed by atoms with Gasteiger partial charge in [-0.1, -0.05) is 0 Å². The van der Waals surface area contributed by atoms with E-state index >= 15 is 0 Å². The third kappa shape index (κ3) is 5.71. The van der Waals surface area contributed by atoms with Crippen molar-refractivity contribution in [2.75, 3.05) is 5.32 Å². The number of aromatic amines is 1. The number of aromatic nitrogens is 3. The molecule has 2 heterocycles. The largest absolute Gasteiger partial charge is 0.412 e. The van der Waals surface area contributed by atoms with Gasteiger partial charge in [-0.2, -0.15) is 5.10 Å². The molecule has 1 amide bonds. The van der Waals surface area contributed by atoms with E-state index in [4.69, 9.17) is 11.5 Å². The van der Waals surface area contributed by atoms with E-state index in [0.29, 0.717) is 22.3 Å². The molecule has 3 rings (SSSR count). The lowest BCUT2D eigenvalue weighted by molar-refractivity contribution is -0.385. The summed E-state index contributed by atoms with van der Waals surface area (Å²) in [7, 11) is 0. The van der Waals surface area contributed by atoms with Gasteiger partial charge in [-0.05, 0) is 25.1 Å². The molecule has 0 fully saturated rings. The van der Waals surface area contributed by atoms with Crippen LogP contribution in [-0.2, 0) is 0 Å². The first-order valence-electron chi connectivity index (χ1n) is 7.83. The number of nitrogens with zero attached hydrogens (tertiary/aromatic N) is 4. The monoisotopic (exact) mass is 546 g/mol. The normalized spacial score (nSPS) is 10.6. The number of carbonyl (C=O) groups excluding carboxylic acids is 1. The van der Waals surface area contributed by atoms with Gasteiger partial charge in [0.25, 0.3) is 11.6 Å². The Bertz CT molecular complexity index is 1070. The zero-order valence-electron chi connectivity index (χ0n) is 15.5. The molecule has 0 saturated heterocycles. The number of nitro groups is 1. The van der Waals surface area contributed by atoms with Gasteiger partial charge >= 0.3 is 0 Å². The van der Waals surface area contributed by atoms with Gasteiger partial charge in [0.05, 0.1) is 33.8 Å². The van der Waals surface area contributed by atoms with Gasteiger partial charge in [0.1, 0.15) is 0 Å². The summed E-state index contributed by atoms with van der Waals surface area (Å²) in [5.41, 5.74) is 11.8. The van der Waals surface area contributed by atoms with Crippen LogP contribution >= 0.6 is 34.0 Å². The van der Waals surface area contributed by atoms with E-state index in [2.05, 4.69) is 25.5 Å². The minimum atomic E-state index is -0.627. The highest BCUT2D eigenvalue weighted by molar-refractivity contribution is 8.93. The predicted octanol–water partition coefficient (Wildman–Crippen LogP) is 1.78. The lowest BCUT2D eigenvalue weighted by Gasteiger charge is -2.10. The van der Waals surface area contributed by atoms with Gasteiger partial charge in [0, 0.05) is 17.8 Å². The van der Waals surface area contributed by atoms with Crippen molar-refractivity contribution in [1.82, 2.24) is 15.2 Å². The lowest BCUT2D eigenvalue weighted by Crippen LogP contribution is -2.23. The lowest BCUT2D eigenvalue weighted by atomic mass is 10.0. The maximum atomic E-state index is 12.6. The summed E-state index contributed by atoms with van der Waals surface area (Å²) in [6.45, 7) is 1.62. The molecule has 0 aliphatic heterocycles. The fraction of sp³-hybridized carbons (Fsp3) is 0.125. The Morgan fingerprint density at radius 1 is 1.30 bits per heavy atom. The second kappa shape index (κ2) is 11.2. The molecular weight excluding hydrogens is 528 g/mol. The minimum absolute atomic E-state index is 0. The summed E-state index contributed by atoms with van der Waals surface area (Å²) in [6.07, 6.45) is 3.04. The Morgan fingerprint density at radius 2 is 2.00 bits per heavy atom. The predicted molar refractivity (Wildman–Crippen MR) is 123 cm³/mol. The topological polar surface area (TPSA) is 210 Å². The molecule has 0 saturated carbocycles. The first-order valence-corrected chi connectivity index (χ1v) is 7.83. The van der Waals surface area contributed by atoms with Crippen molar-refractivity contribution in [3.8, 4) is 0 Å². The maximum Gasteiger partial charge on any atom is 0.275 e. The number of anilines is 1. The van der Waals surface area contributed by atoms with Crippen molar-refractivity contribution in [3.05, 3.63) is 57.9 Å². The molecule has 1 unspecified atom stereocenters. The molecule has 3 aromatic rings. The number of halogens is 2. The van der Waals surface area contributed by atoms with E-state index < -0.39 is 16.9 Å². The van der Waals surface area contributed by atoms with E-state index in [1.807, 2.05) is 0 Å². The second-order valence-corrected chi connectivity index (χ2v) is 5.71. The average Bonchev–Trinajstić information content (AvgIpc) is 3.10. The Morgan fingerprint density at radius 3 is 2.63 bits per heavy atom. The zero-order valence-corrected chi connectivity index (χ0v) is 19.0. The van der Waals surface area contributed by atoms with E-state index in [9.17, 15) is 14.9 Å². The number of benzene rings is 1. The van der Waals surface area contributed by atoms with Gasteiger partial charge in [0.2, 0.25) is 0 Å². The van der Waals surface area contributed by atoms with Crippen LogP contribution in [0.4, 0.5) is 11.4 Å². The number of H-pyrrole nitrogens is 1. The maximum absolute atomic E-state index is 12.6. The number of fused-ring (bicyclic) bond motifs is 1. The molecule has 1 aromatic carbocycles. The molecule has 162 valence electrons. The van der Waals surface area contributed by atoms with Crippen molar-refractivity contribution < 1.29 is 15.2 Å². The quantitative estimate of drug-likeness (QED) is 0.161. The summed E-state index contributed by atoms with van der Waals surface area (Å²) < 4.78 is 0. The smallest absolute Gasteiger partial charge is 0.275 e. The number of nitro benzene ring substituents is 1. The van der Waals surface area contributed by atoms with Gasteiger partial charge in [-0.3, -0.25) is 20.0 Å². The van der Waals surface area contributed by atoms with Crippen molar-refractivity contribution in [3.63, 3.8) is 0 Å². The van der Waals surface area contributed by atoms with E-state index in [1.54, 1.807) is 13.0 Å². The number of rotatable bonds is 5. The fourth-order valence-electron chi connectivity index (χ4n) is 2.64. The molecule has 0 aliphatic rings. The molecule has 0 bridgehead atoms. The SMILES string of the molecule is Br.Br.CC(N=C(N)N)c1ccc(C(=O)Nc2ccnc3[nH]ncc23)cc1[N+](=O)[O-].O. The summed E-state index contributed by atoms with van der Waals surface area (Å²) in [4.78, 5) is 31.4. The summed E-state index contributed by atoms with van der Waals surface area (Å²) in [5.74, 6) is -0.687. The molecule has 12 nitrogen and oxygen atoms in total. The second-order valence-electron chi connectivity index (χ2n) is 5.71. The third-order valence-electron chi connectivity index (χ3n) is 3.88. The van der Waals surface area contributed by atoms with Gasteiger partial charge in [-0.25, -0.2) is 9.98 Å². The number of pyridine rings is 1. The van der Waals surface area contributed by atoms with Crippen LogP contribution in [0.2, 0.25) is 0 Å². The van der Waals surface area contributed by atoms with Crippen molar-refractivity contribution in [2.24, 2.45) is 16.5 Å². The summed E-state index contributed by atoms with van der Waals surface area (Å²) >= 11 is 0. The highest BCUT2D eigenvalue weighted by Crippen LogP contribution is 2.29. The van der Waals surface area contributed by atoms with Crippen LogP contribution in [0.5, 0.6) is 0 Å². The fourth-order valence-corrected chi connectivity index (χ4v) is 2.64. The molecule has 1 atom stereocenters. The van der Waals surface area contributed by atoms with Crippen LogP contribution in [0.25, 0.3) is 11.0 Å². The number of nitrogens with one attached hydrogen (secondary N) is 2. The number of amides is 1. The van der Waals surface area contributed by atoms with Crippen LogP contribution in [0.1, 0.15) is 28.9 Å². The molecule has 2 aromatic heterocycles. The zero-order chi connectivity index (χ0) is 19.6. The van der Waals surface area contributed by atoms with E-state index in [-0.39, 0.29) is 56.6 Å². The van der Waals surface area contributed by atoms with Crippen molar-refractivity contribution >= 4 is 68.2 Å². The number of hydrogen-bond donors (Lipinski definition) is 4. The Hall–Kier alpha value is -3.10. The summed E-state index contributed by atoms with van der Waals surface area (Å²) in [5, 5.41) is 21.3. The molecule has 30 heavy (non-hydrogen) atoms. The molecule has 0 spiro atoms. The van der Waals surface area contributed by atoms with E-state index in [1.165, 1.54) is 30.6 Å². The number of hydrogen-bond acceptors (Lipinski definition) is 6. The first kappa shape index (κ1) is 26.9. The average molecular weight is 548 g/mol. The number of aliphatic imine (C=N–C) groups is 1. The first-order chi connectivity index (χ1) is 12.9. The highest BCUT2D eigenvalue weighted by atomic mass is 79.9. The van der Waals surface area contributed by atoms with Gasteiger partial charge in [-0.15, -0.1) is 34.0 Å². The molecule has 8 N–H and O–H groups in total. The molecule has 0 aliphatic carbocycles. The van der Waals surface area contributed by atoms with Crippen LogP contribution in [0.15, 0.2) is 41.7 Å². The Labute approximate surface area is 191 Å². The summed E-state index contributed by atoms with van der Waals surface area (Å²) in [6, 6.07) is 5.11. The van der Waals surface area contributed by atoms with Crippen LogP contribution in [-0.4, -0.2) is 37.4 Å². The number of carbonyl (C=O) groups is 1. The van der Waals surface area contributed by atoms with Crippen molar-refractivity contribution in [2.45, 2.75) is 13.0 Å². The third-order valence-corrected chi connectivity index (χ3v) is 3.88. The van der Waals surface area contributed by atoms with Crippen LogP contribution in [0.3, 0.4) is 0 Å². The standard InChI is InChI=1S/C16H16N8O3.2BrH.H2O/c1-8(21-16(17)18)10-3-2-9(6-13(10)24(26)27)15(25)22-12-4-5-19-14-11(12)7-20-23-14;;;/h2-8H,1H3,(H4,17,18,21)(H2,19,20,22,23,25);2*1H;1H2. The molecule has 0 radical (unpaired) electrons. The van der Waals surface area contributed by atoms with Crippen LogP contribution in [0, 0.1) is 10.1 Å². The van der Waals surface area contributed by atoms with Crippen LogP contribution < -0.4 is 16.8 Å². The molecule has 14 heteroatoms. The van der Waals surface area contributed by atoms with E-state index in [0.717, 1.165) is 0 Å². The Kier molecular flexibility index (Phi) is 10.0. The van der Waals surface area contributed by atoms with Crippen molar-refractivity contribution in [1.29, 1.82) is 0 Å². The Balaban J connectivity index is 0.00000280.